The van der Waals surface area contributed by atoms with Gasteiger partial charge in [-0.3, -0.25) is 14.3 Å². The molecule has 0 bridgehead atoms. The zero-order valence-corrected chi connectivity index (χ0v) is 20.6. The van der Waals surface area contributed by atoms with E-state index in [1.165, 1.54) is 41.1 Å². The molecule has 0 aliphatic rings. The highest BCUT2D eigenvalue weighted by Crippen LogP contribution is 2.27. The van der Waals surface area contributed by atoms with Crippen LogP contribution in [0.15, 0.2) is 87.6 Å². The summed E-state index contributed by atoms with van der Waals surface area (Å²) < 4.78 is 41.8. The lowest BCUT2D eigenvalue weighted by molar-refractivity contribution is 0.416. The highest BCUT2D eigenvalue weighted by Gasteiger charge is 2.29. The number of rotatable bonds is 9. The van der Waals surface area contributed by atoms with Gasteiger partial charge in [0.25, 0.3) is 5.56 Å². The van der Waals surface area contributed by atoms with Crippen LogP contribution in [0.4, 0.5) is 4.39 Å². The summed E-state index contributed by atoms with van der Waals surface area (Å²) in [5, 5.41) is 10.6. The number of nitrogens with zero attached hydrogens (tertiary/aromatic N) is 3. The normalized spacial score (nSPS) is 11.5. The fraction of sp³-hybridized carbons (Fsp3) is 0.222. The Labute approximate surface area is 208 Å². The topological polar surface area (TPSA) is 102 Å². The molecule has 0 radical (unpaired) electrons. The van der Waals surface area contributed by atoms with Crippen molar-refractivity contribution >= 4 is 9.84 Å². The highest BCUT2D eigenvalue weighted by molar-refractivity contribution is 7.91. The van der Waals surface area contributed by atoms with Crippen molar-refractivity contribution in [3.63, 3.8) is 0 Å². The molecule has 0 aliphatic heterocycles. The van der Waals surface area contributed by atoms with Crippen LogP contribution in [0.2, 0.25) is 0 Å². The number of sulfone groups is 1. The van der Waals surface area contributed by atoms with E-state index in [9.17, 15) is 22.7 Å². The van der Waals surface area contributed by atoms with Crippen molar-refractivity contribution in [1.82, 2.24) is 14.5 Å². The first-order chi connectivity index (χ1) is 17.3. The van der Waals surface area contributed by atoms with Crippen LogP contribution in [-0.4, -0.2) is 28.1 Å². The average molecular weight is 508 g/mol. The maximum Gasteiger partial charge on any atom is 0.276 e. The molecule has 2 heterocycles. The minimum Gasteiger partial charge on any atom is -0.492 e. The van der Waals surface area contributed by atoms with Gasteiger partial charge in [0.1, 0.15) is 11.6 Å². The van der Waals surface area contributed by atoms with Gasteiger partial charge in [-0.1, -0.05) is 55.8 Å². The summed E-state index contributed by atoms with van der Waals surface area (Å²) in [4.78, 5) is 20.5. The molecule has 2 aromatic carbocycles. The molecular weight excluding hydrogens is 481 g/mol. The van der Waals surface area contributed by atoms with Crippen molar-refractivity contribution in [2.45, 2.75) is 48.9 Å². The number of aromatic hydroxyl groups is 1. The Balaban J connectivity index is 1.74. The molecule has 0 saturated heterocycles. The molecule has 9 heteroatoms. The molecule has 0 saturated carbocycles. The summed E-state index contributed by atoms with van der Waals surface area (Å²) in [5.74, 6) is -0.969. The molecule has 0 fully saturated rings. The minimum absolute atomic E-state index is 0.180. The van der Waals surface area contributed by atoms with Crippen molar-refractivity contribution in [1.29, 1.82) is 0 Å². The van der Waals surface area contributed by atoms with Crippen LogP contribution in [0, 0.1) is 5.82 Å². The maximum absolute atomic E-state index is 13.5. The van der Waals surface area contributed by atoms with E-state index in [4.69, 9.17) is 0 Å². The first-order valence-corrected chi connectivity index (χ1v) is 13.1. The molecular formula is C27H26FN3O4S. The second kappa shape index (κ2) is 10.8. The van der Waals surface area contributed by atoms with Crippen molar-refractivity contribution in [2.24, 2.45) is 0 Å². The van der Waals surface area contributed by atoms with Crippen molar-refractivity contribution in [2.75, 3.05) is 0 Å². The van der Waals surface area contributed by atoms with Gasteiger partial charge in [-0.2, -0.15) is 4.98 Å². The van der Waals surface area contributed by atoms with E-state index in [-0.39, 0.29) is 11.4 Å². The molecule has 2 aromatic heterocycles. The molecule has 7 nitrogen and oxygen atoms in total. The molecule has 0 atom stereocenters. The van der Waals surface area contributed by atoms with Gasteiger partial charge in [0.2, 0.25) is 15.7 Å². The predicted octanol–water partition coefficient (Wildman–Crippen LogP) is 4.57. The van der Waals surface area contributed by atoms with Crippen LogP contribution in [0.5, 0.6) is 5.88 Å². The van der Waals surface area contributed by atoms with Gasteiger partial charge < -0.3 is 5.11 Å². The zero-order valence-electron chi connectivity index (χ0n) is 19.8. The Morgan fingerprint density at radius 3 is 2.36 bits per heavy atom. The summed E-state index contributed by atoms with van der Waals surface area (Å²) in [6.45, 7) is 2.22. The summed E-state index contributed by atoms with van der Waals surface area (Å²) in [5.41, 5.74) is 1.22. The molecule has 0 amide bonds. The van der Waals surface area contributed by atoms with Crippen molar-refractivity contribution in [3.05, 3.63) is 101 Å². The van der Waals surface area contributed by atoms with Crippen LogP contribution in [0.1, 0.15) is 31.2 Å². The zero-order chi connectivity index (χ0) is 25.7. The van der Waals surface area contributed by atoms with E-state index in [0.29, 0.717) is 29.8 Å². The lowest BCUT2D eigenvalue weighted by atomic mass is 10.1. The third kappa shape index (κ3) is 5.36. The molecule has 4 aromatic rings. The predicted molar refractivity (Wildman–Crippen MR) is 134 cm³/mol. The summed E-state index contributed by atoms with van der Waals surface area (Å²) in [7, 11) is -4.39. The lowest BCUT2D eigenvalue weighted by Crippen LogP contribution is -2.31. The second-order valence-corrected chi connectivity index (χ2v) is 10.3. The number of hydrogen-bond donors (Lipinski definition) is 1. The first kappa shape index (κ1) is 25.2. The number of pyridine rings is 1. The lowest BCUT2D eigenvalue weighted by Gasteiger charge is -2.15. The smallest absolute Gasteiger partial charge is 0.276 e. The van der Waals surface area contributed by atoms with Gasteiger partial charge in [0, 0.05) is 24.7 Å². The average Bonchev–Trinajstić information content (AvgIpc) is 2.87. The van der Waals surface area contributed by atoms with E-state index < -0.39 is 32.0 Å². The number of hydrogen-bond acceptors (Lipinski definition) is 6. The first-order valence-electron chi connectivity index (χ1n) is 11.6. The quantitative estimate of drug-likeness (QED) is 0.356. The number of aromatic nitrogens is 3. The maximum atomic E-state index is 13.5. The third-order valence-electron chi connectivity index (χ3n) is 5.88. The van der Waals surface area contributed by atoms with Crippen molar-refractivity contribution < 1.29 is 17.9 Å². The summed E-state index contributed by atoms with van der Waals surface area (Å²) in [6, 6.07) is 16.4. The van der Waals surface area contributed by atoms with E-state index >= 15 is 0 Å². The molecule has 0 spiro atoms. The number of benzene rings is 2. The fourth-order valence-electron chi connectivity index (χ4n) is 3.96. The van der Waals surface area contributed by atoms with E-state index in [2.05, 4.69) is 9.97 Å². The fourth-order valence-corrected chi connectivity index (χ4v) is 5.32. The Morgan fingerprint density at radius 1 is 0.972 bits per heavy atom. The summed E-state index contributed by atoms with van der Waals surface area (Å²) >= 11 is 0. The highest BCUT2D eigenvalue weighted by atomic mass is 32.2. The molecule has 0 aliphatic carbocycles. The van der Waals surface area contributed by atoms with Crippen LogP contribution < -0.4 is 5.56 Å². The van der Waals surface area contributed by atoms with Gasteiger partial charge in [-0.25, -0.2) is 12.8 Å². The largest absolute Gasteiger partial charge is 0.492 e. The van der Waals surface area contributed by atoms with Crippen LogP contribution >= 0.6 is 0 Å². The van der Waals surface area contributed by atoms with Gasteiger partial charge >= 0.3 is 0 Å². The van der Waals surface area contributed by atoms with Crippen molar-refractivity contribution in [3.8, 4) is 17.0 Å². The number of unbranched alkanes of at least 4 members (excludes halogenated alkanes) is 1. The Bertz CT molecular complexity index is 1520. The van der Waals surface area contributed by atoms with Gasteiger partial charge in [-0.05, 0) is 42.2 Å². The SMILES string of the molecule is CCCCc1nc(O)c(S(=O)(=O)c2ccc(-c3cncc(F)c3)cc2)c(=O)n1CCc1ccccc1. The Morgan fingerprint density at radius 2 is 1.69 bits per heavy atom. The van der Waals surface area contributed by atoms with Gasteiger partial charge in [0.15, 0.2) is 4.90 Å². The van der Waals surface area contributed by atoms with Gasteiger partial charge in [-0.15, -0.1) is 0 Å². The van der Waals surface area contributed by atoms with E-state index in [1.54, 1.807) is 0 Å². The van der Waals surface area contributed by atoms with Crippen LogP contribution in [0.3, 0.4) is 0 Å². The van der Waals surface area contributed by atoms with Crippen LogP contribution in [0.25, 0.3) is 11.1 Å². The second-order valence-electron chi connectivity index (χ2n) is 8.40. The monoisotopic (exact) mass is 507 g/mol. The molecule has 36 heavy (non-hydrogen) atoms. The Hall–Kier alpha value is -3.85. The standard InChI is InChI=1S/C27H26FN3O4S/c1-2-3-9-24-30-26(32)25(27(33)31(24)15-14-19-7-5-4-6-8-19)36(34,35)23-12-10-20(11-13-23)21-16-22(28)18-29-17-21/h4-8,10-13,16-18,32H,2-3,9,14-15H2,1H3. The minimum atomic E-state index is -4.39. The van der Waals surface area contributed by atoms with Crippen LogP contribution in [-0.2, 0) is 29.2 Å². The molecule has 1 N–H and O–H groups in total. The van der Waals surface area contributed by atoms with Gasteiger partial charge in [0.05, 0.1) is 11.1 Å². The third-order valence-corrected chi connectivity index (χ3v) is 7.67. The van der Waals surface area contributed by atoms with E-state index in [0.717, 1.165) is 24.6 Å². The number of aryl methyl sites for hydroxylation is 2. The molecule has 186 valence electrons. The summed E-state index contributed by atoms with van der Waals surface area (Å²) in [6.07, 6.45) is 5.06. The molecule has 0 unspecified atom stereocenters. The number of halogens is 1. The van der Waals surface area contributed by atoms with E-state index in [1.807, 2.05) is 37.3 Å². The molecule has 4 rings (SSSR count). The Kier molecular flexibility index (Phi) is 7.59.